The Labute approximate surface area is 115 Å². The molecule has 1 heterocycles. The van der Waals surface area contributed by atoms with Crippen LogP contribution in [0.5, 0.6) is 0 Å². The summed E-state index contributed by atoms with van der Waals surface area (Å²) in [4.78, 5) is 6.20. The molecule has 0 saturated heterocycles. The Hall–Kier alpha value is -1.01. The number of ether oxygens (including phenoxy) is 2. The maximum Gasteiger partial charge on any atom is 0.176 e. The predicted octanol–water partition coefficient (Wildman–Crippen LogP) is 0.892. The van der Waals surface area contributed by atoms with E-state index in [4.69, 9.17) is 15.2 Å². The molecule has 1 unspecified atom stereocenters. The lowest BCUT2D eigenvalue weighted by atomic mass is 9.98. The summed E-state index contributed by atoms with van der Waals surface area (Å²) in [5, 5.41) is 0. The average molecular weight is 267 g/mol. The molecule has 0 spiro atoms. The first-order valence-electron chi connectivity index (χ1n) is 6.44. The maximum absolute atomic E-state index is 5.92. The second-order valence-electron chi connectivity index (χ2n) is 4.89. The minimum Gasteiger partial charge on any atom is -0.354 e. The number of hydrogen-bond acceptors (Lipinski definition) is 5. The van der Waals surface area contributed by atoms with Gasteiger partial charge >= 0.3 is 0 Å². The zero-order valence-corrected chi connectivity index (χ0v) is 12.3. The molecule has 0 fully saturated rings. The van der Waals surface area contributed by atoms with E-state index in [1.807, 2.05) is 31.6 Å². The molecule has 1 aromatic heterocycles. The Kier molecular flexibility index (Phi) is 6.37. The van der Waals surface area contributed by atoms with Crippen LogP contribution in [0.25, 0.3) is 0 Å². The van der Waals surface area contributed by atoms with Crippen LogP contribution in [0.15, 0.2) is 24.5 Å². The topological polar surface area (TPSA) is 60.6 Å². The summed E-state index contributed by atoms with van der Waals surface area (Å²) >= 11 is 0. The number of methoxy groups -OCH3 is 2. The third-order valence-corrected chi connectivity index (χ3v) is 3.71. The van der Waals surface area contributed by atoms with Gasteiger partial charge in [-0.05, 0) is 38.1 Å². The van der Waals surface area contributed by atoms with Crippen molar-refractivity contribution in [3.8, 4) is 0 Å². The van der Waals surface area contributed by atoms with Crippen molar-refractivity contribution in [2.75, 3.05) is 34.4 Å². The first-order chi connectivity index (χ1) is 9.08. The molecule has 0 amide bonds. The molecule has 1 rings (SSSR count). The van der Waals surface area contributed by atoms with Gasteiger partial charge in [-0.3, -0.25) is 9.88 Å². The normalized spacial score (nSPS) is 14.9. The minimum absolute atomic E-state index is 0.347. The van der Waals surface area contributed by atoms with Gasteiger partial charge in [0, 0.05) is 39.7 Å². The van der Waals surface area contributed by atoms with Crippen molar-refractivity contribution in [3.63, 3.8) is 0 Å². The summed E-state index contributed by atoms with van der Waals surface area (Å²) in [5.41, 5.74) is 6.82. The van der Waals surface area contributed by atoms with Gasteiger partial charge in [-0.2, -0.15) is 0 Å². The van der Waals surface area contributed by atoms with E-state index in [1.54, 1.807) is 14.2 Å². The molecule has 0 aromatic carbocycles. The van der Waals surface area contributed by atoms with E-state index < -0.39 is 0 Å². The summed E-state index contributed by atoms with van der Waals surface area (Å²) in [6.45, 7) is 3.39. The van der Waals surface area contributed by atoms with Crippen molar-refractivity contribution in [2.24, 2.45) is 5.73 Å². The molecule has 5 nitrogen and oxygen atoms in total. The largest absolute Gasteiger partial charge is 0.354 e. The quantitative estimate of drug-likeness (QED) is 0.709. The Balaban J connectivity index is 2.65. The van der Waals surface area contributed by atoms with E-state index in [-0.39, 0.29) is 11.8 Å². The highest BCUT2D eigenvalue weighted by Gasteiger charge is 2.37. The molecule has 5 heteroatoms. The molecule has 0 aliphatic carbocycles. The van der Waals surface area contributed by atoms with Crippen LogP contribution < -0.4 is 5.73 Å². The van der Waals surface area contributed by atoms with E-state index in [1.165, 1.54) is 5.56 Å². The molecular weight excluding hydrogens is 242 g/mol. The summed E-state index contributed by atoms with van der Waals surface area (Å²) in [6.07, 6.45) is 4.21. The number of likely N-dealkylation sites (N-methyl/N-ethyl adjacent to an activating group) is 1. The minimum atomic E-state index is -0.351. The molecule has 19 heavy (non-hydrogen) atoms. The van der Waals surface area contributed by atoms with Crippen LogP contribution in [-0.2, 0) is 15.9 Å². The fourth-order valence-corrected chi connectivity index (χ4v) is 2.14. The number of hydrogen-bond donors (Lipinski definition) is 1. The zero-order chi connectivity index (χ0) is 14.3. The Morgan fingerprint density at radius 1 is 1.32 bits per heavy atom. The second kappa shape index (κ2) is 7.55. The summed E-state index contributed by atoms with van der Waals surface area (Å²) in [5.74, 6) is 0. The lowest BCUT2D eigenvalue weighted by molar-refractivity contribution is -0.176. The highest BCUT2D eigenvalue weighted by atomic mass is 16.7. The lowest BCUT2D eigenvalue weighted by Crippen LogP contribution is -2.59. The van der Waals surface area contributed by atoms with Gasteiger partial charge in [0.15, 0.2) is 6.29 Å². The Morgan fingerprint density at radius 3 is 2.37 bits per heavy atom. The summed E-state index contributed by atoms with van der Waals surface area (Å²) in [6, 6.07) is 4.05. The third-order valence-electron chi connectivity index (χ3n) is 3.71. The van der Waals surface area contributed by atoms with Crippen LogP contribution in [0, 0.1) is 0 Å². The molecule has 1 aromatic rings. The molecule has 0 aliphatic heterocycles. The lowest BCUT2D eigenvalue weighted by Gasteiger charge is -2.42. The molecule has 2 N–H and O–H groups in total. The van der Waals surface area contributed by atoms with Crippen LogP contribution >= 0.6 is 0 Å². The van der Waals surface area contributed by atoms with Gasteiger partial charge in [0.05, 0.1) is 5.54 Å². The predicted molar refractivity (Wildman–Crippen MR) is 75.8 cm³/mol. The average Bonchev–Trinajstić information content (AvgIpc) is 2.46. The van der Waals surface area contributed by atoms with Crippen molar-refractivity contribution in [3.05, 3.63) is 30.1 Å². The fourth-order valence-electron chi connectivity index (χ4n) is 2.14. The van der Waals surface area contributed by atoms with Gasteiger partial charge in [-0.15, -0.1) is 0 Å². The smallest absolute Gasteiger partial charge is 0.176 e. The van der Waals surface area contributed by atoms with Crippen LogP contribution in [0.4, 0.5) is 0 Å². The van der Waals surface area contributed by atoms with Crippen LogP contribution in [0.2, 0.25) is 0 Å². The number of nitrogens with two attached hydrogens (primary N) is 1. The van der Waals surface area contributed by atoms with E-state index in [2.05, 4.69) is 16.8 Å². The summed E-state index contributed by atoms with van der Waals surface area (Å²) in [7, 11) is 5.32. The molecule has 0 radical (unpaired) electrons. The summed E-state index contributed by atoms with van der Waals surface area (Å²) < 4.78 is 10.7. The van der Waals surface area contributed by atoms with E-state index in [0.29, 0.717) is 6.54 Å². The Morgan fingerprint density at radius 2 is 1.89 bits per heavy atom. The van der Waals surface area contributed by atoms with Gasteiger partial charge in [0.2, 0.25) is 0 Å². The van der Waals surface area contributed by atoms with Crippen LogP contribution in [0.1, 0.15) is 12.5 Å². The molecule has 0 saturated carbocycles. The molecule has 0 bridgehead atoms. The number of rotatable bonds is 8. The molecule has 1 atom stereocenters. The standard InChI is InChI=1S/C14H25N3O2/c1-14(11-15,13(18-3)19-4)17(2)10-7-12-5-8-16-9-6-12/h5-6,8-9,13H,7,10-11,15H2,1-4H3. The van der Waals surface area contributed by atoms with Crippen molar-refractivity contribution in [1.82, 2.24) is 9.88 Å². The van der Waals surface area contributed by atoms with Gasteiger partial charge in [-0.1, -0.05) is 0 Å². The van der Waals surface area contributed by atoms with E-state index >= 15 is 0 Å². The van der Waals surface area contributed by atoms with Gasteiger partial charge in [-0.25, -0.2) is 0 Å². The molecule has 108 valence electrons. The van der Waals surface area contributed by atoms with Gasteiger partial charge in [0.25, 0.3) is 0 Å². The van der Waals surface area contributed by atoms with E-state index in [0.717, 1.165) is 13.0 Å². The monoisotopic (exact) mass is 267 g/mol. The first-order valence-corrected chi connectivity index (χ1v) is 6.44. The fraction of sp³-hybridized carbons (Fsp3) is 0.643. The Bertz CT molecular complexity index is 357. The second-order valence-corrected chi connectivity index (χ2v) is 4.89. The third kappa shape index (κ3) is 3.98. The van der Waals surface area contributed by atoms with Crippen molar-refractivity contribution < 1.29 is 9.47 Å². The van der Waals surface area contributed by atoms with Gasteiger partial charge < -0.3 is 15.2 Å². The first kappa shape index (κ1) is 16.0. The van der Waals surface area contributed by atoms with Gasteiger partial charge in [0.1, 0.15) is 0 Å². The van der Waals surface area contributed by atoms with Crippen LogP contribution in [-0.4, -0.2) is 56.1 Å². The van der Waals surface area contributed by atoms with E-state index in [9.17, 15) is 0 Å². The van der Waals surface area contributed by atoms with Crippen molar-refractivity contribution >= 4 is 0 Å². The number of pyridine rings is 1. The number of aromatic nitrogens is 1. The number of nitrogens with zero attached hydrogens (tertiary/aromatic N) is 2. The maximum atomic E-state index is 5.92. The zero-order valence-electron chi connectivity index (χ0n) is 12.3. The highest BCUT2D eigenvalue weighted by molar-refractivity contribution is 5.10. The van der Waals surface area contributed by atoms with Crippen molar-refractivity contribution in [2.45, 2.75) is 25.2 Å². The van der Waals surface area contributed by atoms with Crippen molar-refractivity contribution in [1.29, 1.82) is 0 Å². The van der Waals surface area contributed by atoms with Crippen LogP contribution in [0.3, 0.4) is 0 Å². The SMILES string of the molecule is COC(OC)C(C)(CN)N(C)CCc1ccncc1. The molecule has 0 aliphatic rings. The highest BCUT2D eigenvalue weighted by Crippen LogP contribution is 2.20. The molecular formula is C14H25N3O2.